The van der Waals surface area contributed by atoms with Gasteiger partial charge in [-0.2, -0.15) is 13.2 Å². The molecule has 0 radical (unpaired) electrons. The number of nitrogens with zero attached hydrogens (tertiary/aromatic N) is 2. The molecule has 1 saturated carbocycles. The number of rotatable bonds is 6. The summed E-state index contributed by atoms with van der Waals surface area (Å²) in [5.41, 5.74) is 1.17. The monoisotopic (exact) mass is 469 g/mol. The van der Waals surface area contributed by atoms with Gasteiger partial charge in [0.1, 0.15) is 5.75 Å². The number of fused-ring (bicyclic) bond motifs is 1. The van der Waals surface area contributed by atoms with Gasteiger partial charge in [-0.05, 0) is 49.7 Å². The largest absolute Gasteiger partial charge is 0.482 e. The number of aromatic nitrogens is 1. The Hall–Kier alpha value is -1.87. The number of hydrogen-bond donors (Lipinski definition) is 1. The molecule has 9 heteroatoms. The van der Waals surface area contributed by atoms with Crippen LogP contribution in [-0.2, 0) is 22.5 Å². The fourth-order valence-corrected chi connectivity index (χ4v) is 5.52. The van der Waals surface area contributed by atoms with Crippen LogP contribution < -0.4 is 10.1 Å². The Bertz CT molecular complexity index is 842. The Morgan fingerprint density at radius 1 is 1.30 bits per heavy atom. The van der Waals surface area contributed by atoms with E-state index in [1.54, 1.807) is 6.07 Å². The molecule has 1 saturated heterocycles. The smallest absolute Gasteiger partial charge is 0.422 e. The van der Waals surface area contributed by atoms with Crippen LogP contribution in [0.5, 0.6) is 5.75 Å². The number of ether oxygens (including phenoxy) is 2. The van der Waals surface area contributed by atoms with E-state index in [1.807, 2.05) is 4.90 Å². The number of nitrogens with one attached hydrogen (secondary N) is 1. The van der Waals surface area contributed by atoms with E-state index in [4.69, 9.17) is 9.47 Å². The Kier molecular flexibility index (Phi) is 7.19. The van der Waals surface area contributed by atoms with E-state index >= 15 is 0 Å². The van der Waals surface area contributed by atoms with Gasteiger partial charge in [-0.15, -0.1) is 0 Å². The fourth-order valence-electron chi connectivity index (χ4n) is 5.52. The van der Waals surface area contributed by atoms with E-state index in [2.05, 4.69) is 24.1 Å². The molecule has 3 aliphatic rings. The number of amides is 1. The van der Waals surface area contributed by atoms with Crippen molar-refractivity contribution in [3.05, 3.63) is 23.5 Å². The second-order valence-corrected chi connectivity index (χ2v) is 9.96. The zero-order valence-electron chi connectivity index (χ0n) is 19.4. The molecular weight excluding hydrogens is 435 g/mol. The van der Waals surface area contributed by atoms with Crippen LogP contribution in [0.15, 0.2) is 12.3 Å². The minimum Gasteiger partial charge on any atom is -0.482 e. The van der Waals surface area contributed by atoms with Crippen LogP contribution in [0.4, 0.5) is 13.2 Å². The second kappa shape index (κ2) is 9.78. The molecule has 0 aromatic carbocycles. The third kappa shape index (κ3) is 5.62. The Labute approximate surface area is 193 Å². The van der Waals surface area contributed by atoms with Crippen molar-refractivity contribution in [3.8, 4) is 5.75 Å². The zero-order valence-corrected chi connectivity index (χ0v) is 19.4. The summed E-state index contributed by atoms with van der Waals surface area (Å²) in [5, 5.41) is 3.77. The van der Waals surface area contributed by atoms with Gasteiger partial charge in [0.25, 0.3) is 0 Å². The normalized spacial score (nSPS) is 26.5. The summed E-state index contributed by atoms with van der Waals surface area (Å²) >= 11 is 0. The highest BCUT2D eigenvalue weighted by molar-refractivity contribution is 5.83. The van der Waals surface area contributed by atoms with Gasteiger partial charge in [-0.1, -0.05) is 13.8 Å². The first-order valence-electron chi connectivity index (χ1n) is 12.0. The number of carbonyl (C=O) groups excluding carboxylic acids is 1. The molecule has 3 heterocycles. The van der Waals surface area contributed by atoms with Crippen LogP contribution in [0.2, 0.25) is 0 Å². The van der Waals surface area contributed by atoms with E-state index in [0.717, 1.165) is 56.6 Å². The number of pyridine rings is 1. The summed E-state index contributed by atoms with van der Waals surface area (Å²) in [7, 11) is 0. The number of hydrogen-bond acceptors (Lipinski definition) is 5. The molecule has 184 valence electrons. The molecule has 1 aliphatic carbocycles. The van der Waals surface area contributed by atoms with Crippen molar-refractivity contribution in [2.45, 2.75) is 77.2 Å². The molecule has 1 aromatic heterocycles. The van der Waals surface area contributed by atoms with Crippen molar-refractivity contribution >= 4 is 5.91 Å². The Morgan fingerprint density at radius 3 is 2.76 bits per heavy atom. The molecule has 6 nitrogen and oxygen atoms in total. The van der Waals surface area contributed by atoms with Crippen molar-refractivity contribution in [2.24, 2.45) is 11.3 Å². The van der Waals surface area contributed by atoms with Crippen LogP contribution in [-0.4, -0.2) is 60.4 Å². The summed E-state index contributed by atoms with van der Waals surface area (Å²) in [5.74, 6) is 0.439. The van der Waals surface area contributed by atoms with Crippen LogP contribution >= 0.6 is 0 Å². The predicted octanol–water partition coefficient (Wildman–Crippen LogP) is 3.87. The third-order valence-corrected chi connectivity index (χ3v) is 7.48. The average molecular weight is 470 g/mol. The molecular formula is C24H34F3N3O3. The lowest BCUT2D eigenvalue weighted by molar-refractivity contribution is -0.153. The highest BCUT2D eigenvalue weighted by Crippen LogP contribution is 2.46. The zero-order chi connectivity index (χ0) is 23.6. The quantitative estimate of drug-likeness (QED) is 0.685. The van der Waals surface area contributed by atoms with Gasteiger partial charge in [0.15, 0.2) is 6.61 Å². The maximum Gasteiger partial charge on any atom is 0.422 e. The summed E-state index contributed by atoms with van der Waals surface area (Å²) in [6.45, 7) is 5.40. The summed E-state index contributed by atoms with van der Waals surface area (Å²) in [6.07, 6.45) is 2.18. The summed E-state index contributed by atoms with van der Waals surface area (Å²) in [6, 6.07) is 2.37. The van der Waals surface area contributed by atoms with Crippen LogP contribution in [0.25, 0.3) is 0 Å². The van der Waals surface area contributed by atoms with E-state index < -0.39 is 18.2 Å². The Morgan fingerprint density at radius 2 is 2.06 bits per heavy atom. The van der Waals surface area contributed by atoms with Gasteiger partial charge < -0.3 is 19.7 Å². The van der Waals surface area contributed by atoms with Crippen LogP contribution in [0.3, 0.4) is 0 Å². The molecule has 2 fully saturated rings. The van der Waals surface area contributed by atoms with Crippen molar-refractivity contribution in [3.63, 3.8) is 0 Å². The highest BCUT2D eigenvalue weighted by atomic mass is 19.4. The van der Waals surface area contributed by atoms with Gasteiger partial charge in [0.05, 0.1) is 11.6 Å². The number of alkyl halides is 3. The van der Waals surface area contributed by atoms with E-state index in [0.29, 0.717) is 31.6 Å². The van der Waals surface area contributed by atoms with Gasteiger partial charge in [-0.25, -0.2) is 0 Å². The van der Waals surface area contributed by atoms with Gasteiger partial charge in [0.2, 0.25) is 5.91 Å². The van der Waals surface area contributed by atoms with E-state index in [9.17, 15) is 18.0 Å². The predicted molar refractivity (Wildman–Crippen MR) is 117 cm³/mol. The summed E-state index contributed by atoms with van der Waals surface area (Å²) in [4.78, 5) is 20.0. The van der Waals surface area contributed by atoms with Crippen molar-refractivity contribution in [2.75, 3.05) is 26.4 Å². The minimum absolute atomic E-state index is 0.0838. The van der Waals surface area contributed by atoms with Crippen molar-refractivity contribution < 1.29 is 27.4 Å². The molecule has 33 heavy (non-hydrogen) atoms. The fraction of sp³-hybridized carbons (Fsp3) is 0.750. The van der Waals surface area contributed by atoms with Gasteiger partial charge in [0, 0.05) is 50.5 Å². The van der Waals surface area contributed by atoms with E-state index in [-0.39, 0.29) is 17.6 Å². The summed E-state index contributed by atoms with van der Waals surface area (Å²) < 4.78 is 47.9. The average Bonchev–Trinajstić information content (AvgIpc) is 3.22. The Balaban J connectivity index is 1.43. The molecule has 2 atom stereocenters. The highest BCUT2D eigenvalue weighted by Gasteiger charge is 2.49. The molecule has 0 spiro atoms. The van der Waals surface area contributed by atoms with Crippen molar-refractivity contribution in [1.82, 2.24) is 15.2 Å². The second-order valence-electron chi connectivity index (χ2n) is 9.96. The topological polar surface area (TPSA) is 63.7 Å². The van der Waals surface area contributed by atoms with Gasteiger partial charge in [-0.3, -0.25) is 9.78 Å². The molecule has 1 unspecified atom stereocenters. The standard InChI is InChI=1S/C24H34F3N3O3/c1-16(2)23(7-3-19(12-23)29-18-5-9-32-10-6-18)22(31)30-8-4-21-17(14-30)11-20(13-28-21)33-15-24(25,26)27/h11,13,16,18-19,29H,3-10,12,14-15H2,1-2H3/t19?,23-/m0/s1. The lowest BCUT2D eigenvalue weighted by Crippen LogP contribution is -2.49. The first kappa shape index (κ1) is 24.3. The molecule has 0 bridgehead atoms. The van der Waals surface area contributed by atoms with Gasteiger partial charge >= 0.3 is 6.18 Å². The minimum atomic E-state index is -4.40. The molecule has 1 amide bonds. The number of halogens is 3. The SMILES string of the molecule is CC(C)[C@]1(C(=O)N2CCc3ncc(OCC(F)(F)F)cc3C2)CCC(NC2CCOCC2)C1. The van der Waals surface area contributed by atoms with Crippen LogP contribution in [0.1, 0.15) is 57.2 Å². The molecule has 1 aromatic rings. The first-order chi connectivity index (χ1) is 15.7. The molecule has 2 aliphatic heterocycles. The lowest BCUT2D eigenvalue weighted by Gasteiger charge is -2.39. The van der Waals surface area contributed by atoms with E-state index in [1.165, 1.54) is 6.20 Å². The van der Waals surface area contributed by atoms with Crippen molar-refractivity contribution in [1.29, 1.82) is 0 Å². The molecule has 1 N–H and O–H groups in total. The maximum atomic E-state index is 13.8. The number of carbonyl (C=O) groups is 1. The maximum absolute atomic E-state index is 13.8. The van der Waals surface area contributed by atoms with Crippen LogP contribution in [0, 0.1) is 11.3 Å². The lowest BCUT2D eigenvalue weighted by atomic mass is 9.74. The third-order valence-electron chi connectivity index (χ3n) is 7.48. The molecule has 4 rings (SSSR count). The first-order valence-corrected chi connectivity index (χ1v) is 12.0.